The van der Waals surface area contributed by atoms with Crippen LogP contribution in [0.3, 0.4) is 0 Å². The van der Waals surface area contributed by atoms with Gasteiger partial charge < -0.3 is 10.1 Å². The Labute approximate surface area is 147 Å². The second-order valence-electron chi connectivity index (χ2n) is 6.59. The Morgan fingerprint density at radius 1 is 0.833 bits per heavy atom. The molecule has 0 bridgehead atoms. The Morgan fingerprint density at radius 3 is 2.42 bits per heavy atom. The Kier molecular flexibility index (Phi) is 8.51. The lowest BCUT2D eigenvalue weighted by atomic mass is 10.1. The van der Waals surface area contributed by atoms with Crippen molar-refractivity contribution in [2.75, 3.05) is 18.5 Å². The van der Waals surface area contributed by atoms with E-state index in [9.17, 15) is 0 Å². The second kappa shape index (κ2) is 11.0. The first-order chi connectivity index (χ1) is 11.8. The van der Waals surface area contributed by atoms with Crippen molar-refractivity contribution in [3.05, 3.63) is 36.4 Å². The number of nitrogens with one attached hydrogen (secondary N) is 1. The van der Waals surface area contributed by atoms with Crippen LogP contribution in [0.25, 0.3) is 10.8 Å². The van der Waals surface area contributed by atoms with Crippen molar-refractivity contribution in [1.82, 2.24) is 0 Å². The number of unbranched alkanes of at least 4 members (excludes halogenated alkanes) is 6. The predicted molar refractivity (Wildman–Crippen MR) is 106 cm³/mol. The number of ether oxygens (including phenoxy) is 1. The van der Waals surface area contributed by atoms with Crippen LogP contribution in [-0.2, 0) is 0 Å². The summed E-state index contributed by atoms with van der Waals surface area (Å²) >= 11 is 0. The summed E-state index contributed by atoms with van der Waals surface area (Å²) in [5.41, 5.74) is 1.21. The highest BCUT2D eigenvalue weighted by molar-refractivity contribution is 5.90. The fourth-order valence-electron chi connectivity index (χ4n) is 2.99. The third-order valence-corrected chi connectivity index (χ3v) is 4.46. The van der Waals surface area contributed by atoms with E-state index < -0.39 is 0 Å². The maximum atomic E-state index is 6.01. The van der Waals surface area contributed by atoms with Crippen molar-refractivity contribution in [3.8, 4) is 5.75 Å². The molecule has 0 aliphatic carbocycles. The fraction of sp³-hybridized carbons (Fsp3) is 0.545. The van der Waals surface area contributed by atoms with Crippen LogP contribution >= 0.6 is 0 Å². The van der Waals surface area contributed by atoms with Gasteiger partial charge in [-0.15, -0.1) is 0 Å². The molecule has 0 spiro atoms. The van der Waals surface area contributed by atoms with Crippen LogP contribution in [0.5, 0.6) is 5.75 Å². The van der Waals surface area contributed by atoms with E-state index in [4.69, 9.17) is 4.74 Å². The molecule has 0 aromatic heterocycles. The lowest BCUT2D eigenvalue weighted by Crippen LogP contribution is -2.01. The van der Waals surface area contributed by atoms with Crippen molar-refractivity contribution in [2.45, 2.75) is 65.2 Å². The van der Waals surface area contributed by atoms with Gasteiger partial charge in [-0.1, -0.05) is 64.5 Å². The number of hydrogen-bond donors (Lipinski definition) is 1. The van der Waals surface area contributed by atoms with Gasteiger partial charge in [0, 0.05) is 17.6 Å². The summed E-state index contributed by atoms with van der Waals surface area (Å²) in [5, 5.41) is 6.00. The van der Waals surface area contributed by atoms with Crippen LogP contribution in [-0.4, -0.2) is 13.2 Å². The predicted octanol–water partition coefficient (Wildman–Crippen LogP) is 6.79. The maximum Gasteiger partial charge on any atom is 0.127 e. The van der Waals surface area contributed by atoms with Crippen LogP contribution < -0.4 is 10.1 Å². The van der Waals surface area contributed by atoms with Crippen molar-refractivity contribution in [2.24, 2.45) is 0 Å². The summed E-state index contributed by atoms with van der Waals surface area (Å²) in [4.78, 5) is 0. The Balaban J connectivity index is 1.90. The Morgan fingerprint density at radius 2 is 1.62 bits per heavy atom. The van der Waals surface area contributed by atoms with Gasteiger partial charge in [0.25, 0.3) is 0 Å². The summed E-state index contributed by atoms with van der Waals surface area (Å²) in [5.74, 6) is 1.01. The molecule has 0 unspecified atom stereocenters. The quantitative estimate of drug-likeness (QED) is 0.433. The highest BCUT2D eigenvalue weighted by Gasteiger charge is 2.03. The molecule has 24 heavy (non-hydrogen) atoms. The lowest BCUT2D eigenvalue weighted by Gasteiger charge is -2.11. The van der Waals surface area contributed by atoms with Crippen LogP contribution in [0.2, 0.25) is 0 Å². The molecule has 0 amide bonds. The van der Waals surface area contributed by atoms with Crippen LogP contribution in [0.15, 0.2) is 36.4 Å². The van der Waals surface area contributed by atoms with E-state index in [2.05, 4.69) is 55.6 Å². The SMILES string of the molecule is CCCCCCNc1ccc2c(OCCCCCC)cccc2c1. The second-order valence-corrected chi connectivity index (χ2v) is 6.59. The molecule has 2 rings (SSSR count). The Hall–Kier alpha value is -1.70. The maximum absolute atomic E-state index is 6.01. The number of fused-ring (bicyclic) bond motifs is 1. The largest absolute Gasteiger partial charge is 0.493 e. The lowest BCUT2D eigenvalue weighted by molar-refractivity contribution is 0.308. The molecule has 2 heteroatoms. The molecule has 0 aliphatic heterocycles. The minimum absolute atomic E-state index is 0.816. The number of anilines is 1. The minimum atomic E-state index is 0.816. The molecule has 0 radical (unpaired) electrons. The van der Waals surface area contributed by atoms with Gasteiger partial charge >= 0.3 is 0 Å². The summed E-state index contributed by atoms with van der Waals surface area (Å²) < 4.78 is 6.01. The van der Waals surface area contributed by atoms with E-state index in [1.54, 1.807) is 0 Å². The van der Waals surface area contributed by atoms with Gasteiger partial charge in [-0.25, -0.2) is 0 Å². The average Bonchev–Trinajstić information content (AvgIpc) is 2.61. The monoisotopic (exact) mass is 327 g/mol. The zero-order valence-corrected chi connectivity index (χ0v) is 15.4. The van der Waals surface area contributed by atoms with Gasteiger partial charge in [0.05, 0.1) is 6.61 Å². The van der Waals surface area contributed by atoms with Gasteiger partial charge in [0.15, 0.2) is 0 Å². The molecular formula is C22H33NO. The summed E-state index contributed by atoms with van der Waals surface area (Å²) in [6, 6.07) is 12.9. The number of rotatable bonds is 12. The average molecular weight is 328 g/mol. The van der Waals surface area contributed by atoms with Crippen LogP contribution in [0.4, 0.5) is 5.69 Å². The normalized spacial score (nSPS) is 10.9. The van der Waals surface area contributed by atoms with E-state index in [-0.39, 0.29) is 0 Å². The van der Waals surface area contributed by atoms with Crippen molar-refractivity contribution < 1.29 is 4.74 Å². The van der Waals surface area contributed by atoms with Crippen molar-refractivity contribution >= 4 is 16.5 Å². The fourth-order valence-corrected chi connectivity index (χ4v) is 2.99. The van der Waals surface area contributed by atoms with Gasteiger partial charge in [0.2, 0.25) is 0 Å². The summed E-state index contributed by atoms with van der Waals surface area (Å²) in [7, 11) is 0. The summed E-state index contributed by atoms with van der Waals surface area (Å²) in [6.07, 6.45) is 10.1. The van der Waals surface area contributed by atoms with E-state index in [0.29, 0.717) is 0 Å². The molecule has 1 N–H and O–H groups in total. The zero-order chi connectivity index (χ0) is 17.0. The van der Waals surface area contributed by atoms with E-state index in [0.717, 1.165) is 25.3 Å². The first-order valence-electron chi connectivity index (χ1n) is 9.74. The first kappa shape index (κ1) is 18.6. The molecule has 0 atom stereocenters. The first-order valence-corrected chi connectivity index (χ1v) is 9.74. The van der Waals surface area contributed by atoms with Crippen molar-refractivity contribution in [1.29, 1.82) is 0 Å². The molecule has 0 aliphatic rings. The molecule has 0 saturated heterocycles. The van der Waals surface area contributed by atoms with Gasteiger partial charge in [0.1, 0.15) is 5.75 Å². The third-order valence-electron chi connectivity index (χ3n) is 4.46. The van der Waals surface area contributed by atoms with E-state index in [1.807, 2.05) is 0 Å². The summed E-state index contributed by atoms with van der Waals surface area (Å²) in [6.45, 7) is 6.36. The topological polar surface area (TPSA) is 21.3 Å². The molecule has 132 valence electrons. The highest BCUT2D eigenvalue weighted by Crippen LogP contribution is 2.28. The molecule has 0 heterocycles. The minimum Gasteiger partial charge on any atom is -0.493 e. The molecule has 2 aromatic rings. The van der Waals surface area contributed by atoms with Gasteiger partial charge in [-0.05, 0) is 42.5 Å². The third kappa shape index (κ3) is 6.07. The highest BCUT2D eigenvalue weighted by atomic mass is 16.5. The molecular weight excluding hydrogens is 294 g/mol. The van der Waals surface area contributed by atoms with Crippen LogP contribution in [0, 0.1) is 0 Å². The number of hydrogen-bond acceptors (Lipinski definition) is 2. The number of benzene rings is 2. The molecule has 0 fully saturated rings. The molecule has 2 nitrogen and oxygen atoms in total. The van der Waals surface area contributed by atoms with E-state index >= 15 is 0 Å². The van der Waals surface area contributed by atoms with Gasteiger partial charge in [-0.2, -0.15) is 0 Å². The molecule has 2 aromatic carbocycles. The smallest absolute Gasteiger partial charge is 0.127 e. The standard InChI is InChI=1S/C22H33NO/c1-3-5-7-9-16-23-20-14-15-21-19(18-20)12-11-13-22(21)24-17-10-8-6-4-2/h11-15,18,23H,3-10,16-17H2,1-2H3. The Bertz CT molecular complexity index is 594. The van der Waals surface area contributed by atoms with Crippen molar-refractivity contribution in [3.63, 3.8) is 0 Å². The van der Waals surface area contributed by atoms with E-state index in [1.165, 1.54) is 61.4 Å². The van der Waals surface area contributed by atoms with Crippen LogP contribution in [0.1, 0.15) is 65.2 Å². The van der Waals surface area contributed by atoms with Gasteiger partial charge in [-0.3, -0.25) is 0 Å². The molecule has 0 saturated carbocycles. The zero-order valence-electron chi connectivity index (χ0n) is 15.4.